The van der Waals surface area contributed by atoms with Gasteiger partial charge < -0.3 is 10.3 Å². The summed E-state index contributed by atoms with van der Waals surface area (Å²) in [5.41, 5.74) is 9.44. The van der Waals surface area contributed by atoms with Gasteiger partial charge in [-0.25, -0.2) is 0 Å². The highest BCUT2D eigenvalue weighted by Gasteiger charge is 2.28. The van der Waals surface area contributed by atoms with E-state index in [1.807, 2.05) is 18.2 Å². The summed E-state index contributed by atoms with van der Waals surface area (Å²) in [6, 6.07) is 16.9. The monoisotopic (exact) mass is 354 g/mol. The van der Waals surface area contributed by atoms with Gasteiger partial charge in [-0.2, -0.15) is 4.98 Å². The van der Waals surface area contributed by atoms with Gasteiger partial charge in [-0.1, -0.05) is 53.2 Å². The van der Waals surface area contributed by atoms with Crippen LogP contribution in [0.3, 0.4) is 0 Å². The predicted octanol–water partition coefficient (Wildman–Crippen LogP) is 3.48. The summed E-state index contributed by atoms with van der Waals surface area (Å²) in [4.78, 5) is 6.71. The molecule has 0 saturated carbocycles. The second-order valence-electron chi connectivity index (χ2n) is 6.26. The molecule has 2 heterocycles. The average molecular weight is 355 g/mol. The number of nitrogens with two attached hydrogens (primary N) is 1. The van der Waals surface area contributed by atoms with E-state index in [0.717, 1.165) is 18.0 Å². The summed E-state index contributed by atoms with van der Waals surface area (Å²) in [5, 5.41) is 4.81. The summed E-state index contributed by atoms with van der Waals surface area (Å²) >= 11 is 6.19. The van der Waals surface area contributed by atoms with Gasteiger partial charge in [-0.15, -0.1) is 0 Å². The first-order valence-corrected chi connectivity index (χ1v) is 8.68. The van der Waals surface area contributed by atoms with E-state index < -0.39 is 0 Å². The lowest BCUT2D eigenvalue weighted by Gasteiger charge is -2.36. The molecule has 1 aliphatic rings. The summed E-state index contributed by atoms with van der Waals surface area (Å²) in [5.74, 6) is 1.12. The molecule has 0 radical (unpaired) electrons. The molecule has 0 spiro atoms. The first kappa shape index (κ1) is 16.3. The molecule has 25 heavy (non-hydrogen) atoms. The van der Waals surface area contributed by atoms with Crippen molar-refractivity contribution in [2.24, 2.45) is 5.73 Å². The maximum atomic E-state index is 6.19. The van der Waals surface area contributed by atoms with Gasteiger partial charge in [0.05, 0.1) is 13.1 Å². The van der Waals surface area contributed by atoms with Crippen LogP contribution in [-0.4, -0.2) is 15.0 Å². The Morgan fingerprint density at radius 1 is 1.16 bits per heavy atom. The van der Waals surface area contributed by atoms with Gasteiger partial charge in [0.2, 0.25) is 5.89 Å². The number of rotatable bonds is 4. The number of fused-ring (bicyclic) bond motifs is 1. The Morgan fingerprint density at radius 3 is 2.76 bits per heavy atom. The molecule has 4 rings (SSSR count). The van der Waals surface area contributed by atoms with E-state index in [1.54, 1.807) is 0 Å². The molecular weight excluding hydrogens is 336 g/mol. The number of nitrogens with zero attached hydrogens (tertiary/aromatic N) is 3. The number of hydrogen-bond donors (Lipinski definition) is 1. The van der Waals surface area contributed by atoms with E-state index in [4.69, 9.17) is 21.9 Å². The first-order chi connectivity index (χ1) is 12.2. The molecule has 2 N–H and O–H groups in total. The topological polar surface area (TPSA) is 68.2 Å². The minimum absolute atomic E-state index is 0.257. The summed E-state index contributed by atoms with van der Waals surface area (Å²) in [6.45, 7) is 1.66. The molecule has 128 valence electrons. The molecule has 2 aromatic carbocycles. The average Bonchev–Trinajstić information content (AvgIpc) is 3.09. The lowest BCUT2D eigenvalue weighted by atomic mass is 9.90. The summed E-state index contributed by atoms with van der Waals surface area (Å²) < 4.78 is 5.15. The van der Waals surface area contributed by atoms with Gasteiger partial charge in [0.1, 0.15) is 0 Å². The number of halogens is 1. The van der Waals surface area contributed by atoms with Crippen LogP contribution in [0, 0.1) is 0 Å². The van der Waals surface area contributed by atoms with E-state index in [1.165, 1.54) is 16.7 Å². The highest BCUT2D eigenvalue weighted by molar-refractivity contribution is 6.30. The summed E-state index contributed by atoms with van der Waals surface area (Å²) in [6.07, 6.45) is 0.929. The minimum Gasteiger partial charge on any atom is -0.338 e. The maximum Gasteiger partial charge on any atom is 0.240 e. The van der Waals surface area contributed by atoms with Gasteiger partial charge in [0.15, 0.2) is 5.82 Å². The van der Waals surface area contributed by atoms with Crippen molar-refractivity contribution in [3.63, 3.8) is 0 Å². The Hall–Kier alpha value is -2.21. The Kier molecular flexibility index (Phi) is 4.53. The van der Waals surface area contributed by atoms with Crippen LogP contribution < -0.4 is 5.73 Å². The number of aromatic nitrogens is 2. The normalized spacial score (nSPS) is 17.4. The SMILES string of the molecule is NCc1nc(CN2Cc3cc(Cl)ccc3CC2c2ccccc2)no1. The Morgan fingerprint density at radius 2 is 2.00 bits per heavy atom. The van der Waals surface area contributed by atoms with Crippen molar-refractivity contribution in [1.82, 2.24) is 15.0 Å². The van der Waals surface area contributed by atoms with Gasteiger partial charge in [0.25, 0.3) is 0 Å². The molecule has 1 aromatic heterocycles. The number of benzene rings is 2. The lowest BCUT2D eigenvalue weighted by molar-refractivity contribution is 0.157. The van der Waals surface area contributed by atoms with Gasteiger partial charge >= 0.3 is 0 Å². The Bertz CT molecular complexity index is 865. The largest absolute Gasteiger partial charge is 0.338 e. The third kappa shape index (κ3) is 3.44. The molecule has 1 atom stereocenters. The zero-order valence-corrected chi connectivity index (χ0v) is 14.5. The van der Waals surface area contributed by atoms with Crippen LogP contribution in [0.1, 0.15) is 34.4 Å². The fourth-order valence-corrected chi connectivity index (χ4v) is 3.59. The molecule has 0 aliphatic carbocycles. The third-order valence-corrected chi connectivity index (χ3v) is 4.84. The van der Waals surface area contributed by atoms with Crippen molar-refractivity contribution in [2.45, 2.75) is 32.1 Å². The molecule has 0 bridgehead atoms. The zero-order chi connectivity index (χ0) is 17.2. The van der Waals surface area contributed by atoms with Crippen LogP contribution in [0.5, 0.6) is 0 Å². The maximum absolute atomic E-state index is 6.19. The van der Waals surface area contributed by atoms with E-state index in [-0.39, 0.29) is 12.6 Å². The molecule has 3 aromatic rings. The van der Waals surface area contributed by atoms with Crippen molar-refractivity contribution in [1.29, 1.82) is 0 Å². The summed E-state index contributed by atoms with van der Waals surface area (Å²) in [7, 11) is 0. The van der Waals surface area contributed by atoms with Crippen LogP contribution >= 0.6 is 11.6 Å². The fourth-order valence-electron chi connectivity index (χ4n) is 3.40. The molecular formula is C19H19ClN4O. The molecule has 1 unspecified atom stereocenters. The van der Waals surface area contributed by atoms with Crippen LogP contribution in [-0.2, 0) is 26.1 Å². The van der Waals surface area contributed by atoms with Crippen molar-refractivity contribution >= 4 is 11.6 Å². The van der Waals surface area contributed by atoms with Crippen molar-refractivity contribution in [2.75, 3.05) is 0 Å². The molecule has 6 heteroatoms. The van der Waals surface area contributed by atoms with E-state index in [9.17, 15) is 0 Å². The van der Waals surface area contributed by atoms with Crippen molar-refractivity contribution < 1.29 is 4.52 Å². The second-order valence-corrected chi connectivity index (χ2v) is 6.69. The van der Waals surface area contributed by atoms with Gasteiger partial charge in [-0.05, 0) is 35.2 Å². The van der Waals surface area contributed by atoms with Crippen molar-refractivity contribution in [3.05, 3.63) is 82.0 Å². The molecule has 5 nitrogen and oxygen atoms in total. The highest BCUT2D eigenvalue weighted by Crippen LogP contribution is 2.35. The van der Waals surface area contributed by atoms with Crippen LogP contribution in [0.4, 0.5) is 0 Å². The Labute approximate surface area is 151 Å². The van der Waals surface area contributed by atoms with Crippen LogP contribution in [0.15, 0.2) is 53.1 Å². The fraction of sp³-hybridized carbons (Fsp3) is 0.263. The van der Waals surface area contributed by atoms with E-state index >= 15 is 0 Å². The smallest absolute Gasteiger partial charge is 0.240 e. The van der Waals surface area contributed by atoms with Crippen molar-refractivity contribution in [3.8, 4) is 0 Å². The molecule has 1 aliphatic heterocycles. The van der Waals surface area contributed by atoms with Crippen LogP contribution in [0.2, 0.25) is 5.02 Å². The minimum atomic E-state index is 0.257. The van der Waals surface area contributed by atoms with Gasteiger partial charge in [-0.3, -0.25) is 4.90 Å². The molecule has 0 fully saturated rings. The Balaban J connectivity index is 1.67. The quantitative estimate of drug-likeness (QED) is 0.776. The first-order valence-electron chi connectivity index (χ1n) is 8.31. The number of hydrogen-bond acceptors (Lipinski definition) is 5. The zero-order valence-electron chi connectivity index (χ0n) is 13.7. The standard InChI is InChI=1S/C19H19ClN4O/c20-16-7-6-14-9-17(13-4-2-1-3-5-13)24(11-15(14)8-16)12-18-22-19(10-21)25-23-18/h1-8,17H,9-12,21H2. The molecule has 0 saturated heterocycles. The second kappa shape index (κ2) is 6.96. The predicted molar refractivity (Wildman–Crippen MR) is 95.8 cm³/mol. The van der Waals surface area contributed by atoms with E-state index in [2.05, 4.69) is 45.4 Å². The molecule has 0 amide bonds. The van der Waals surface area contributed by atoms with Gasteiger partial charge in [0, 0.05) is 17.6 Å². The third-order valence-electron chi connectivity index (χ3n) is 4.61. The highest BCUT2D eigenvalue weighted by atomic mass is 35.5. The lowest BCUT2D eigenvalue weighted by Crippen LogP contribution is -2.34. The van der Waals surface area contributed by atoms with E-state index in [0.29, 0.717) is 18.3 Å². The van der Waals surface area contributed by atoms with Crippen LogP contribution in [0.25, 0.3) is 0 Å².